The van der Waals surface area contributed by atoms with Crippen molar-refractivity contribution in [2.24, 2.45) is 5.41 Å². The predicted molar refractivity (Wildman–Crippen MR) is 116 cm³/mol. The van der Waals surface area contributed by atoms with Crippen LogP contribution in [-0.4, -0.2) is 67.6 Å². The second-order valence-electron chi connectivity index (χ2n) is 8.05. The topological polar surface area (TPSA) is 58.1 Å². The molecule has 0 unspecified atom stereocenters. The van der Waals surface area contributed by atoms with Crippen LogP contribution in [0.2, 0.25) is 0 Å². The van der Waals surface area contributed by atoms with Crippen LogP contribution in [0.5, 0.6) is 5.75 Å². The van der Waals surface area contributed by atoms with Gasteiger partial charge in [-0.3, -0.25) is 4.90 Å². The van der Waals surface area contributed by atoms with E-state index in [1.54, 1.807) is 11.3 Å². The standard InChI is InChI=1S/C22H31N3O3S/c26-18-22(8-13-28-19-4-2-1-3-5-19)6-9-24(10-7-22)17-20-16-23-21(29-20)25-11-14-27-15-12-25/h1-5,16,26H,6-15,17-18H2. The first-order valence-electron chi connectivity index (χ1n) is 10.5. The van der Waals surface area contributed by atoms with Crippen LogP contribution in [0.1, 0.15) is 24.1 Å². The molecule has 0 spiro atoms. The highest BCUT2D eigenvalue weighted by molar-refractivity contribution is 7.15. The molecular weight excluding hydrogens is 386 g/mol. The lowest BCUT2D eigenvalue weighted by Crippen LogP contribution is -2.42. The van der Waals surface area contributed by atoms with E-state index in [1.807, 2.05) is 36.5 Å². The molecule has 2 aliphatic heterocycles. The lowest BCUT2D eigenvalue weighted by Gasteiger charge is -2.40. The summed E-state index contributed by atoms with van der Waals surface area (Å²) in [5.74, 6) is 0.902. The molecule has 1 aromatic carbocycles. The Morgan fingerprint density at radius 2 is 1.86 bits per heavy atom. The third kappa shape index (κ3) is 5.48. The molecule has 2 aromatic rings. The molecule has 2 aliphatic rings. The maximum absolute atomic E-state index is 10.1. The second-order valence-corrected chi connectivity index (χ2v) is 9.15. The summed E-state index contributed by atoms with van der Waals surface area (Å²) < 4.78 is 11.3. The summed E-state index contributed by atoms with van der Waals surface area (Å²) in [7, 11) is 0. The first kappa shape index (κ1) is 20.6. The summed E-state index contributed by atoms with van der Waals surface area (Å²) in [5.41, 5.74) is -0.0159. The van der Waals surface area contributed by atoms with Crippen LogP contribution in [0.3, 0.4) is 0 Å². The Labute approximate surface area is 177 Å². The molecule has 3 heterocycles. The van der Waals surface area contributed by atoms with Crippen LogP contribution in [-0.2, 0) is 11.3 Å². The van der Waals surface area contributed by atoms with Gasteiger partial charge in [-0.05, 0) is 49.9 Å². The number of anilines is 1. The summed E-state index contributed by atoms with van der Waals surface area (Å²) in [6.07, 6.45) is 4.94. The Kier molecular flexibility index (Phi) is 7.02. The molecular formula is C22H31N3O3S. The predicted octanol–water partition coefficient (Wildman–Crippen LogP) is 3.02. The molecule has 6 nitrogen and oxygen atoms in total. The van der Waals surface area contributed by atoms with Gasteiger partial charge in [-0.2, -0.15) is 0 Å². The number of morpholine rings is 1. The van der Waals surface area contributed by atoms with Crippen molar-refractivity contribution in [3.63, 3.8) is 0 Å². The Morgan fingerprint density at radius 3 is 2.59 bits per heavy atom. The minimum absolute atomic E-state index is 0.0159. The fraction of sp³-hybridized carbons (Fsp3) is 0.591. The minimum atomic E-state index is -0.0159. The molecule has 1 aromatic heterocycles. The van der Waals surface area contributed by atoms with E-state index in [-0.39, 0.29) is 12.0 Å². The normalized spacial score (nSPS) is 20.0. The zero-order valence-corrected chi connectivity index (χ0v) is 17.8. The number of thiazole rings is 1. The number of hydrogen-bond acceptors (Lipinski definition) is 7. The number of likely N-dealkylation sites (tertiary alicyclic amines) is 1. The first-order valence-corrected chi connectivity index (χ1v) is 11.4. The number of aliphatic hydroxyl groups is 1. The van der Waals surface area contributed by atoms with E-state index < -0.39 is 0 Å². The van der Waals surface area contributed by atoms with Crippen LogP contribution in [0, 0.1) is 5.41 Å². The van der Waals surface area contributed by atoms with Crippen molar-refractivity contribution in [3.05, 3.63) is 41.4 Å². The number of aromatic nitrogens is 1. The molecule has 158 valence electrons. The minimum Gasteiger partial charge on any atom is -0.494 e. The highest BCUT2D eigenvalue weighted by Gasteiger charge is 2.34. The smallest absolute Gasteiger partial charge is 0.185 e. The number of para-hydroxylation sites is 1. The molecule has 0 amide bonds. The van der Waals surface area contributed by atoms with Gasteiger partial charge in [0.25, 0.3) is 0 Å². The molecule has 7 heteroatoms. The van der Waals surface area contributed by atoms with Crippen molar-refractivity contribution in [2.75, 3.05) is 57.5 Å². The average Bonchev–Trinajstić information content (AvgIpc) is 3.25. The van der Waals surface area contributed by atoms with Gasteiger partial charge in [-0.15, -0.1) is 11.3 Å². The van der Waals surface area contributed by atoms with Gasteiger partial charge in [0.1, 0.15) is 5.75 Å². The molecule has 0 radical (unpaired) electrons. The van der Waals surface area contributed by atoms with Gasteiger partial charge in [0.2, 0.25) is 0 Å². The van der Waals surface area contributed by atoms with E-state index in [4.69, 9.17) is 9.47 Å². The zero-order chi connectivity index (χ0) is 19.9. The van der Waals surface area contributed by atoms with E-state index in [9.17, 15) is 5.11 Å². The monoisotopic (exact) mass is 417 g/mol. The number of piperidine rings is 1. The first-order chi connectivity index (χ1) is 14.3. The van der Waals surface area contributed by atoms with Gasteiger partial charge >= 0.3 is 0 Å². The van der Waals surface area contributed by atoms with Crippen molar-refractivity contribution in [3.8, 4) is 5.75 Å². The summed E-state index contributed by atoms with van der Waals surface area (Å²) in [5, 5.41) is 11.2. The van der Waals surface area contributed by atoms with Gasteiger partial charge in [0, 0.05) is 37.3 Å². The van der Waals surface area contributed by atoms with E-state index in [0.717, 1.165) is 76.1 Å². The summed E-state index contributed by atoms with van der Waals surface area (Å²) in [6.45, 7) is 7.30. The van der Waals surface area contributed by atoms with Crippen molar-refractivity contribution < 1.29 is 14.6 Å². The molecule has 1 N–H and O–H groups in total. The second kappa shape index (κ2) is 9.89. The fourth-order valence-electron chi connectivity index (χ4n) is 4.07. The number of aliphatic hydroxyl groups excluding tert-OH is 1. The highest BCUT2D eigenvalue weighted by Crippen LogP contribution is 2.36. The van der Waals surface area contributed by atoms with E-state index in [2.05, 4.69) is 14.8 Å². The highest BCUT2D eigenvalue weighted by atomic mass is 32.1. The fourth-order valence-corrected chi connectivity index (χ4v) is 5.07. The Bertz CT molecular complexity index is 741. The van der Waals surface area contributed by atoms with Crippen molar-refractivity contribution in [1.82, 2.24) is 9.88 Å². The van der Waals surface area contributed by atoms with Gasteiger partial charge in [-0.1, -0.05) is 18.2 Å². The average molecular weight is 418 g/mol. The number of hydrogen-bond donors (Lipinski definition) is 1. The third-order valence-electron chi connectivity index (χ3n) is 6.10. The number of nitrogens with zero attached hydrogens (tertiary/aromatic N) is 3. The molecule has 29 heavy (non-hydrogen) atoms. The molecule has 4 rings (SSSR count). The van der Waals surface area contributed by atoms with E-state index >= 15 is 0 Å². The van der Waals surface area contributed by atoms with Crippen LogP contribution < -0.4 is 9.64 Å². The summed E-state index contributed by atoms with van der Waals surface area (Å²) in [6, 6.07) is 9.92. The van der Waals surface area contributed by atoms with Crippen molar-refractivity contribution >= 4 is 16.5 Å². The SMILES string of the molecule is OCC1(CCOc2ccccc2)CCN(Cc2cnc(N3CCOCC3)s2)CC1. The number of rotatable bonds is 8. The number of benzene rings is 1. The number of ether oxygens (including phenoxy) is 2. The van der Waals surface area contributed by atoms with Crippen LogP contribution in [0.25, 0.3) is 0 Å². The molecule has 0 atom stereocenters. The van der Waals surface area contributed by atoms with Crippen LogP contribution in [0.4, 0.5) is 5.13 Å². The molecule has 0 saturated carbocycles. The maximum Gasteiger partial charge on any atom is 0.185 e. The molecule has 0 bridgehead atoms. The molecule has 2 saturated heterocycles. The maximum atomic E-state index is 10.1. The third-order valence-corrected chi connectivity index (χ3v) is 7.14. The lowest BCUT2D eigenvalue weighted by atomic mass is 9.76. The van der Waals surface area contributed by atoms with Gasteiger partial charge in [-0.25, -0.2) is 4.98 Å². The van der Waals surface area contributed by atoms with Crippen molar-refractivity contribution in [2.45, 2.75) is 25.8 Å². The largest absolute Gasteiger partial charge is 0.494 e. The van der Waals surface area contributed by atoms with E-state index in [0.29, 0.717) is 6.61 Å². The Morgan fingerprint density at radius 1 is 1.10 bits per heavy atom. The van der Waals surface area contributed by atoms with Gasteiger partial charge in [0.15, 0.2) is 5.13 Å². The van der Waals surface area contributed by atoms with E-state index in [1.165, 1.54) is 4.88 Å². The van der Waals surface area contributed by atoms with Gasteiger partial charge in [0.05, 0.1) is 19.8 Å². The quantitative estimate of drug-likeness (QED) is 0.713. The zero-order valence-electron chi connectivity index (χ0n) is 17.0. The van der Waals surface area contributed by atoms with Crippen LogP contribution in [0.15, 0.2) is 36.5 Å². The Hall–Kier alpha value is -1.67. The molecule has 2 fully saturated rings. The summed E-state index contributed by atoms with van der Waals surface area (Å²) >= 11 is 1.80. The van der Waals surface area contributed by atoms with Crippen LogP contribution >= 0.6 is 11.3 Å². The van der Waals surface area contributed by atoms with Crippen molar-refractivity contribution in [1.29, 1.82) is 0 Å². The van der Waals surface area contributed by atoms with Gasteiger partial charge < -0.3 is 19.5 Å². The molecule has 0 aliphatic carbocycles. The lowest BCUT2D eigenvalue weighted by molar-refractivity contribution is 0.0246. The summed E-state index contributed by atoms with van der Waals surface area (Å²) in [4.78, 5) is 10.7. The Balaban J connectivity index is 1.24.